The van der Waals surface area contributed by atoms with Gasteiger partial charge in [0, 0.05) is 38.3 Å². The van der Waals surface area contributed by atoms with Crippen molar-refractivity contribution in [3.8, 4) is 0 Å². The molecule has 0 spiro atoms. The van der Waals surface area contributed by atoms with Crippen molar-refractivity contribution in [2.45, 2.75) is 64.5 Å². The smallest absolute Gasteiger partial charge is 0.191 e. The Morgan fingerprint density at radius 2 is 1.87 bits per heavy atom. The first kappa shape index (κ1) is 18.5. The van der Waals surface area contributed by atoms with Gasteiger partial charge in [0.25, 0.3) is 0 Å². The van der Waals surface area contributed by atoms with E-state index in [1.165, 1.54) is 58.2 Å². The first-order valence-electron chi connectivity index (χ1n) is 9.70. The molecule has 134 valence electrons. The highest BCUT2D eigenvalue weighted by Gasteiger charge is 2.31. The molecule has 0 aromatic rings. The fraction of sp³-hybridized carbons (Fsp3) is 0.944. The molecule has 0 amide bonds. The van der Waals surface area contributed by atoms with Gasteiger partial charge in [-0.05, 0) is 52.6 Å². The van der Waals surface area contributed by atoms with Crippen molar-refractivity contribution in [1.29, 1.82) is 0 Å². The molecule has 2 rings (SSSR count). The molecule has 0 aromatic carbocycles. The third-order valence-corrected chi connectivity index (χ3v) is 4.92. The van der Waals surface area contributed by atoms with E-state index < -0.39 is 0 Å². The van der Waals surface area contributed by atoms with Crippen LogP contribution in [0.25, 0.3) is 0 Å². The molecule has 2 fully saturated rings. The Balaban J connectivity index is 1.68. The lowest BCUT2D eigenvalue weighted by Crippen LogP contribution is -2.49. The van der Waals surface area contributed by atoms with Crippen LogP contribution in [0.4, 0.5) is 0 Å². The number of likely N-dealkylation sites (tertiary alicyclic amines) is 1. The number of hydrogen-bond donors (Lipinski definition) is 2. The number of guanidine groups is 1. The highest BCUT2D eigenvalue weighted by atomic mass is 15.2. The van der Waals surface area contributed by atoms with Crippen LogP contribution < -0.4 is 10.6 Å². The predicted molar refractivity (Wildman–Crippen MR) is 99.1 cm³/mol. The zero-order valence-electron chi connectivity index (χ0n) is 15.5. The van der Waals surface area contributed by atoms with Crippen LogP contribution in [0.1, 0.15) is 52.4 Å². The molecule has 0 radical (unpaired) electrons. The molecule has 0 bridgehead atoms. The highest BCUT2D eigenvalue weighted by molar-refractivity contribution is 5.80. The van der Waals surface area contributed by atoms with Crippen molar-refractivity contribution >= 4 is 5.96 Å². The van der Waals surface area contributed by atoms with Crippen molar-refractivity contribution in [1.82, 2.24) is 20.4 Å². The zero-order chi connectivity index (χ0) is 16.5. The van der Waals surface area contributed by atoms with Crippen LogP contribution in [0.15, 0.2) is 4.99 Å². The molecule has 2 N–H and O–H groups in total. The van der Waals surface area contributed by atoms with Gasteiger partial charge in [-0.1, -0.05) is 13.3 Å². The minimum absolute atomic E-state index is 0.584. The van der Waals surface area contributed by atoms with Gasteiger partial charge in [0.15, 0.2) is 5.96 Å². The monoisotopic (exact) mass is 323 g/mol. The maximum Gasteiger partial charge on any atom is 0.191 e. The van der Waals surface area contributed by atoms with E-state index in [4.69, 9.17) is 4.99 Å². The molecule has 1 saturated carbocycles. The molecule has 1 aliphatic carbocycles. The van der Waals surface area contributed by atoms with E-state index in [1.54, 1.807) is 0 Å². The second kappa shape index (κ2) is 10.1. The van der Waals surface area contributed by atoms with Gasteiger partial charge in [0.05, 0.1) is 6.54 Å². The number of unbranched alkanes of at least 4 members (excludes halogenated alkanes) is 1. The van der Waals surface area contributed by atoms with Crippen LogP contribution in [-0.4, -0.2) is 74.2 Å². The zero-order valence-corrected chi connectivity index (χ0v) is 15.5. The van der Waals surface area contributed by atoms with Gasteiger partial charge in [-0.15, -0.1) is 0 Å². The number of likely N-dealkylation sites (N-methyl/N-ethyl adjacent to an activating group) is 1. The fourth-order valence-corrected chi connectivity index (χ4v) is 3.23. The van der Waals surface area contributed by atoms with E-state index in [0.717, 1.165) is 31.6 Å². The minimum Gasteiger partial charge on any atom is -0.357 e. The molecule has 23 heavy (non-hydrogen) atoms. The molecule has 5 heteroatoms. The van der Waals surface area contributed by atoms with E-state index >= 15 is 0 Å². The van der Waals surface area contributed by atoms with Crippen LogP contribution >= 0.6 is 0 Å². The van der Waals surface area contributed by atoms with Crippen molar-refractivity contribution < 1.29 is 0 Å². The van der Waals surface area contributed by atoms with Crippen LogP contribution in [0.5, 0.6) is 0 Å². The first-order chi connectivity index (χ1) is 11.2. The standard InChI is InChI=1S/C18H37N5/c1-4-6-12-22(3)15-11-20-18(19-5-2)21-16-9-13-23(14-10-16)17-7-8-17/h16-17H,4-15H2,1-3H3,(H2,19,20,21). The summed E-state index contributed by atoms with van der Waals surface area (Å²) in [5, 5.41) is 7.05. The van der Waals surface area contributed by atoms with Crippen molar-refractivity contribution in [2.24, 2.45) is 4.99 Å². The average Bonchev–Trinajstić information content (AvgIpc) is 3.39. The van der Waals surface area contributed by atoms with Gasteiger partial charge < -0.3 is 20.4 Å². The molecule has 2 aliphatic rings. The van der Waals surface area contributed by atoms with Gasteiger partial charge in [-0.2, -0.15) is 0 Å². The molecule has 1 aliphatic heterocycles. The van der Waals surface area contributed by atoms with E-state index in [1.807, 2.05) is 0 Å². The summed E-state index contributed by atoms with van der Waals surface area (Å²) >= 11 is 0. The van der Waals surface area contributed by atoms with E-state index in [2.05, 4.69) is 41.3 Å². The number of rotatable bonds is 9. The Morgan fingerprint density at radius 1 is 1.13 bits per heavy atom. The maximum absolute atomic E-state index is 4.76. The van der Waals surface area contributed by atoms with E-state index in [-0.39, 0.29) is 0 Å². The normalized spacial score (nSPS) is 21.0. The summed E-state index contributed by atoms with van der Waals surface area (Å²) in [6.07, 6.45) is 7.88. The quantitative estimate of drug-likeness (QED) is 0.502. The number of aliphatic imine (C=N–C) groups is 1. The lowest BCUT2D eigenvalue weighted by molar-refractivity contribution is 0.197. The number of nitrogens with one attached hydrogen (secondary N) is 2. The number of nitrogens with zero attached hydrogens (tertiary/aromatic N) is 3. The van der Waals surface area contributed by atoms with Gasteiger partial charge >= 0.3 is 0 Å². The van der Waals surface area contributed by atoms with Crippen molar-refractivity contribution in [2.75, 3.05) is 46.3 Å². The third-order valence-electron chi connectivity index (χ3n) is 4.92. The second-order valence-corrected chi connectivity index (χ2v) is 7.10. The fourth-order valence-electron chi connectivity index (χ4n) is 3.23. The molecular weight excluding hydrogens is 286 g/mol. The lowest BCUT2D eigenvalue weighted by atomic mass is 10.1. The largest absolute Gasteiger partial charge is 0.357 e. The highest BCUT2D eigenvalue weighted by Crippen LogP contribution is 2.29. The van der Waals surface area contributed by atoms with Crippen LogP contribution in [-0.2, 0) is 0 Å². The van der Waals surface area contributed by atoms with Gasteiger partial charge in [-0.3, -0.25) is 4.99 Å². The third kappa shape index (κ3) is 7.08. The summed E-state index contributed by atoms with van der Waals surface area (Å²) in [5.41, 5.74) is 0. The topological polar surface area (TPSA) is 42.9 Å². The molecule has 5 nitrogen and oxygen atoms in total. The lowest BCUT2D eigenvalue weighted by Gasteiger charge is -2.33. The van der Waals surface area contributed by atoms with Crippen molar-refractivity contribution in [3.63, 3.8) is 0 Å². The Hall–Kier alpha value is -0.810. The number of piperidine rings is 1. The maximum atomic E-state index is 4.76. The summed E-state index contributed by atoms with van der Waals surface area (Å²) in [6, 6.07) is 1.50. The predicted octanol–water partition coefficient (Wildman–Crippen LogP) is 1.90. The molecule has 1 saturated heterocycles. The molecule has 0 atom stereocenters. The molecule has 0 unspecified atom stereocenters. The van der Waals surface area contributed by atoms with Crippen LogP contribution in [0, 0.1) is 0 Å². The summed E-state index contributed by atoms with van der Waals surface area (Å²) in [5.74, 6) is 1.00. The SMILES string of the molecule is CCCCN(C)CCN=C(NCC)NC1CCN(C2CC2)CC1. The minimum atomic E-state index is 0.584. The second-order valence-electron chi connectivity index (χ2n) is 7.10. The van der Waals surface area contributed by atoms with Gasteiger partial charge in [0.1, 0.15) is 0 Å². The average molecular weight is 324 g/mol. The first-order valence-corrected chi connectivity index (χ1v) is 9.70. The summed E-state index contributed by atoms with van der Waals surface area (Å²) in [4.78, 5) is 9.81. The molecule has 0 aromatic heterocycles. The summed E-state index contributed by atoms with van der Waals surface area (Å²) in [6.45, 7) is 10.9. The Kier molecular flexibility index (Phi) is 8.17. The van der Waals surface area contributed by atoms with Crippen LogP contribution in [0.3, 0.4) is 0 Å². The van der Waals surface area contributed by atoms with Crippen molar-refractivity contribution in [3.05, 3.63) is 0 Å². The summed E-state index contributed by atoms with van der Waals surface area (Å²) in [7, 11) is 2.19. The van der Waals surface area contributed by atoms with Crippen LogP contribution in [0.2, 0.25) is 0 Å². The van der Waals surface area contributed by atoms with Gasteiger partial charge in [-0.25, -0.2) is 0 Å². The Morgan fingerprint density at radius 3 is 2.48 bits per heavy atom. The van der Waals surface area contributed by atoms with E-state index in [0.29, 0.717) is 6.04 Å². The Labute approximate surface area is 142 Å². The molecule has 1 heterocycles. The number of hydrogen-bond acceptors (Lipinski definition) is 3. The molecular formula is C18H37N5. The van der Waals surface area contributed by atoms with Gasteiger partial charge in [0.2, 0.25) is 0 Å². The summed E-state index contributed by atoms with van der Waals surface area (Å²) < 4.78 is 0. The Bertz CT molecular complexity index is 345. The van der Waals surface area contributed by atoms with E-state index in [9.17, 15) is 0 Å².